The van der Waals surface area contributed by atoms with Gasteiger partial charge in [-0.1, -0.05) is 23.5 Å². The number of carbonyl (C=O) groups is 1. The molecule has 0 bridgehead atoms. The second-order valence-corrected chi connectivity index (χ2v) is 7.48. The molecule has 5 nitrogen and oxygen atoms in total. The molecule has 2 heterocycles. The minimum absolute atomic E-state index is 0.237. The number of thiazole rings is 1. The van der Waals surface area contributed by atoms with Crippen LogP contribution in [0.15, 0.2) is 41.4 Å². The molecule has 0 N–H and O–H groups in total. The van der Waals surface area contributed by atoms with Crippen LogP contribution in [-0.4, -0.2) is 23.7 Å². The Balaban J connectivity index is 1.83. The largest absolute Gasteiger partial charge is 0.486 e. The highest BCUT2D eigenvalue weighted by Gasteiger charge is 2.16. The van der Waals surface area contributed by atoms with Gasteiger partial charge in [0.05, 0.1) is 15.8 Å². The number of benzene rings is 2. The molecule has 2 aromatic carbocycles. The number of aromatic nitrogens is 1. The summed E-state index contributed by atoms with van der Waals surface area (Å²) >= 11 is 3.61. The molecule has 0 saturated heterocycles. The van der Waals surface area contributed by atoms with E-state index in [4.69, 9.17) is 9.47 Å². The SMILES string of the molecule is Cn1c(=NC(=O)c2ccccc2I)sc2cc3c(cc21)OCCO3. The second kappa shape index (κ2) is 6.21. The summed E-state index contributed by atoms with van der Waals surface area (Å²) in [5, 5.41) is 0. The number of aryl methyl sites for hydroxylation is 1. The molecule has 122 valence electrons. The summed E-state index contributed by atoms with van der Waals surface area (Å²) in [4.78, 5) is 17.5. The summed E-state index contributed by atoms with van der Waals surface area (Å²) in [5.41, 5.74) is 1.58. The zero-order valence-corrected chi connectivity index (χ0v) is 15.8. The number of carbonyl (C=O) groups excluding carboxylic acids is 1. The fourth-order valence-corrected chi connectivity index (χ4v) is 4.20. The molecule has 1 aliphatic heterocycles. The van der Waals surface area contributed by atoms with E-state index in [1.165, 1.54) is 11.3 Å². The second-order valence-electron chi connectivity index (χ2n) is 5.30. The molecule has 0 spiro atoms. The Bertz CT molecular complexity index is 1020. The smallest absolute Gasteiger partial charge is 0.280 e. The fraction of sp³-hybridized carbons (Fsp3) is 0.176. The Hall–Kier alpha value is -1.87. The summed E-state index contributed by atoms with van der Waals surface area (Å²) in [6.45, 7) is 1.10. The van der Waals surface area contributed by atoms with Gasteiger partial charge in [-0.25, -0.2) is 0 Å². The molecule has 1 amide bonds. The van der Waals surface area contributed by atoms with Crippen LogP contribution in [-0.2, 0) is 7.05 Å². The van der Waals surface area contributed by atoms with Crippen LogP contribution < -0.4 is 14.3 Å². The molecule has 7 heteroatoms. The van der Waals surface area contributed by atoms with Crippen LogP contribution in [0.2, 0.25) is 0 Å². The van der Waals surface area contributed by atoms with Crippen LogP contribution in [0.4, 0.5) is 0 Å². The predicted molar refractivity (Wildman–Crippen MR) is 101 cm³/mol. The van der Waals surface area contributed by atoms with Gasteiger partial charge in [0.2, 0.25) is 0 Å². The maximum Gasteiger partial charge on any atom is 0.280 e. The number of ether oxygens (including phenoxy) is 2. The van der Waals surface area contributed by atoms with E-state index in [1.807, 2.05) is 41.9 Å². The summed E-state index contributed by atoms with van der Waals surface area (Å²) in [5.74, 6) is 1.24. The van der Waals surface area contributed by atoms with Crippen molar-refractivity contribution in [3.63, 3.8) is 0 Å². The van der Waals surface area contributed by atoms with Gasteiger partial charge >= 0.3 is 0 Å². The molecule has 0 saturated carbocycles. The predicted octanol–water partition coefficient (Wildman–Crippen LogP) is 3.36. The van der Waals surface area contributed by atoms with Crippen molar-refractivity contribution in [3.05, 3.63) is 50.3 Å². The first kappa shape index (κ1) is 15.6. The standard InChI is InChI=1S/C17H13IN2O3S/c1-20-12-8-13-14(23-7-6-22-13)9-15(12)24-17(20)19-16(21)10-4-2-3-5-11(10)18/h2-5,8-9H,6-7H2,1H3. The van der Waals surface area contributed by atoms with Crippen LogP contribution in [0.1, 0.15) is 10.4 Å². The molecule has 1 aromatic heterocycles. The maximum absolute atomic E-state index is 12.5. The van der Waals surface area contributed by atoms with Gasteiger partial charge in [0.25, 0.3) is 5.91 Å². The Morgan fingerprint density at radius 3 is 2.67 bits per heavy atom. The van der Waals surface area contributed by atoms with E-state index in [0.29, 0.717) is 23.6 Å². The molecule has 0 fully saturated rings. The summed E-state index contributed by atoms with van der Waals surface area (Å²) < 4.78 is 15.1. The van der Waals surface area contributed by atoms with E-state index in [9.17, 15) is 4.79 Å². The molecule has 3 aromatic rings. The average molecular weight is 452 g/mol. The van der Waals surface area contributed by atoms with E-state index in [1.54, 1.807) is 6.07 Å². The number of amides is 1. The van der Waals surface area contributed by atoms with Gasteiger partial charge in [-0.05, 0) is 34.7 Å². The molecule has 1 aliphatic rings. The molecular weight excluding hydrogens is 439 g/mol. The molecule has 0 aliphatic carbocycles. The van der Waals surface area contributed by atoms with Gasteiger partial charge in [0, 0.05) is 22.8 Å². The molecule has 0 atom stereocenters. The Labute approximate surface area is 155 Å². The van der Waals surface area contributed by atoms with Crippen LogP contribution >= 0.6 is 33.9 Å². The number of halogens is 1. The van der Waals surface area contributed by atoms with Crippen LogP contribution in [0.5, 0.6) is 11.5 Å². The Kier molecular flexibility index (Phi) is 4.05. The van der Waals surface area contributed by atoms with E-state index < -0.39 is 0 Å². The topological polar surface area (TPSA) is 52.8 Å². The summed E-state index contributed by atoms with van der Waals surface area (Å²) in [6, 6.07) is 11.3. The van der Waals surface area contributed by atoms with Crippen molar-refractivity contribution >= 4 is 50.1 Å². The zero-order chi connectivity index (χ0) is 16.7. The number of nitrogens with zero attached hydrogens (tertiary/aromatic N) is 2. The highest BCUT2D eigenvalue weighted by molar-refractivity contribution is 14.1. The molecule has 0 radical (unpaired) electrons. The van der Waals surface area contributed by atoms with Crippen molar-refractivity contribution in [1.29, 1.82) is 0 Å². The van der Waals surface area contributed by atoms with Gasteiger partial charge in [-0.3, -0.25) is 4.79 Å². The van der Waals surface area contributed by atoms with Gasteiger partial charge in [0.15, 0.2) is 16.3 Å². The minimum atomic E-state index is -0.237. The van der Waals surface area contributed by atoms with Crippen LogP contribution in [0, 0.1) is 3.57 Å². The Morgan fingerprint density at radius 2 is 1.92 bits per heavy atom. The van der Waals surface area contributed by atoms with Crippen molar-refractivity contribution in [2.45, 2.75) is 0 Å². The quantitative estimate of drug-likeness (QED) is 0.533. The first-order chi connectivity index (χ1) is 11.6. The lowest BCUT2D eigenvalue weighted by Crippen LogP contribution is -2.16. The summed E-state index contributed by atoms with van der Waals surface area (Å²) in [7, 11) is 1.90. The first-order valence-corrected chi connectivity index (χ1v) is 9.26. The van der Waals surface area contributed by atoms with E-state index in [0.717, 1.165) is 25.3 Å². The highest BCUT2D eigenvalue weighted by Crippen LogP contribution is 2.35. The molecule has 4 rings (SSSR count). The normalized spacial score (nSPS) is 14.2. The van der Waals surface area contributed by atoms with Crippen molar-refractivity contribution in [2.75, 3.05) is 13.2 Å². The lowest BCUT2D eigenvalue weighted by molar-refractivity contribution is 0.0997. The Morgan fingerprint density at radius 1 is 1.21 bits per heavy atom. The van der Waals surface area contributed by atoms with Gasteiger partial charge in [-0.2, -0.15) is 4.99 Å². The van der Waals surface area contributed by atoms with Crippen molar-refractivity contribution in [2.24, 2.45) is 12.0 Å². The minimum Gasteiger partial charge on any atom is -0.486 e. The number of hydrogen-bond donors (Lipinski definition) is 0. The van der Waals surface area contributed by atoms with Crippen LogP contribution in [0.25, 0.3) is 10.2 Å². The third kappa shape index (κ3) is 2.71. The van der Waals surface area contributed by atoms with E-state index in [2.05, 4.69) is 27.6 Å². The summed E-state index contributed by atoms with van der Waals surface area (Å²) in [6.07, 6.45) is 0. The van der Waals surface area contributed by atoms with Crippen molar-refractivity contribution in [1.82, 2.24) is 4.57 Å². The number of rotatable bonds is 1. The average Bonchev–Trinajstić information content (AvgIpc) is 2.88. The van der Waals surface area contributed by atoms with E-state index >= 15 is 0 Å². The van der Waals surface area contributed by atoms with Gasteiger partial charge in [-0.15, -0.1) is 0 Å². The van der Waals surface area contributed by atoms with Crippen molar-refractivity contribution in [3.8, 4) is 11.5 Å². The molecular formula is C17H13IN2O3S. The lowest BCUT2D eigenvalue weighted by atomic mass is 10.2. The molecule has 24 heavy (non-hydrogen) atoms. The number of fused-ring (bicyclic) bond motifs is 2. The highest BCUT2D eigenvalue weighted by atomic mass is 127. The van der Waals surface area contributed by atoms with Gasteiger partial charge in [0.1, 0.15) is 13.2 Å². The third-order valence-corrected chi connectivity index (χ3v) is 5.81. The third-order valence-electron chi connectivity index (χ3n) is 3.77. The number of hydrogen-bond acceptors (Lipinski definition) is 4. The maximum atomic E-state index is 12.5. The van der Waals surface area contributed by atoms with E-state index in [-0.39, 0.29) is 5.91 Å². The molecule has 0 unspecified atom stereocenters. The lowest BCUT2D eigenvalue weighted by Gasteiger charge is -2.18. The van der Waals surface area contributed by atoms with Crippen molar-refractivity contribution < 1.29 is 14.3 Å². The fourth-order valence-electron chi connectivity index (χ4n) is 2.55. The van der Waals surface area contributed by atoms with Crippen LogP contribution in [0.3, 0.4) is 0 Å². The monoisotopic (exact) mass is 452 g/mol. The zero-order valence-electron chi connectivity index (χ0n) is 12.8. The first-order valence-electron chi connectivity index (χ1n) is 7.36. The van der Waals surface area contributed by atoms with Gasteiger partial charge < -0.3 is 14.0 Å².